The summed E-state index contributed by atoms with van der Waals surface area (Å²) in [5, 5.41) is 0. The predicted molar refractivity (Wildman–Crippen MR) is 76.0 cm³/mol. The number of nitrogens with two attached hydrogens (primary N) is 1. The van der Waals surface area contributed by atoms with Gasteiger partial charge in [-0.05, 0) is 36.0 Å². The van der Waals surface area contributed by atoms with Crippen LogP contribution in [-0.2, 0) is 5.41 Å². The van der Waals surface area contributed by atoms with Gasteiger partial charge in [0.25, 0.3) is 0 Å². The van der Waals surface area contributed by atoms with Crippen LogP contribution in [0.15, 0.2) is 24.3 Å². The lowest BCUT2D eigenvalue weighted by atomic mass is 9.69. The van der Waals surface area contributed by atoms with Crippen LogP contribution in [0, 0.1) is 5.41 Å². The summed E-state index contributed by atoms with van der Waals surface area (Å²) in [4.78, 5) is 0. The number of rotatable bonds is 4. The van der Waals surface area contributed by atoms with Crippen LogP contribution in [0.1, 0.15) is 45.6 Å². The van der Waals surface area contributed by atoms with E-state index in [1.807, 2.05) is 6.07 Å². The molecule has 0 atom stereocenters. The summed E-state index contributed by atoms with van der Waals surface area (Å²) in [6.45, 7) is 8.17. The van der Waals surface area contributed by atoms with Gasteiger partial charge in [0, 0.05) is 12.0 Å². The highest BCUT2D eigenvalue weighted by Crippen LogP contribution is 2.40. The molecule has 0 unspecified atom stereocenters. The molecule has 0 aromatic heterocycles. The molecule has 0 spiro atoms. The lowest BCUT2D eigenvalue weighted by Gasteiger charge is -2.40. The van der Waals surface area contributed by atoms with E-state index in [4.69, 9.17) is 10.5 Å². The highest BCUT2D eigenvalue weighted by Gasteiger charge is 2.36. The minimum absolute atomic E-state index is 0.168. The van der Waals surface area contributed by atoms with Crippen molar-refractivity contribution in [1.82, 2.24) is 0 Å². The largest absolute Gasteiger partial charge is 0.493 e. The van der Waals surface area contributed by atoms with Crippen LogP contribution in [0.3, 0.4) is 0 Å². The van der Waals surface area contributed by atoms with E-state index in [1.54, 1.807) is 0 Å². The van der Waals surface area contributed by atoms with E-state index in [0.29, 0.717) is 0 Å². The van der Waals surface area contributed by atoms with Gasteiger partial charge in [0.15, 0.2) is 0 Å². The molecular weight excluding hydrogens is 222 g/mol. The molecule has 1 saturated carbocycles. The molecule has 2 heteroatoms. The first-order valence-corrected chi connectivity index (χ1v) is 6.89. The second-order valence-corrected chi connectivity index (χ2v) is 6.62. The summed E-state index contributed by atoms with van der Waals surface area (Å²) in [6.07, 6.45) is 3.72. The molecule has 100 valence electrons. The van der Waals surface area contributed by atoms with E-state index < -0.39 is 0 Å². The molecule has 1 aromatic rings. The zero-order chi connectivity index (χ0) is 13.2. The van der Waals surface area contributed by atoms with Gasteiger partial charge in [-0.3, -0.25) is 0 Å². The van der Waals surface area contributed by atoms with E-state index in [2.05, 4.69) is 39.0 Å². The Balaban J connectivity index is 2.01. The summed E-state index contributed by atoms with van der Waals surface area (Å²) in [6, 6.07) is 8.43. The summed E-state index contributed by atoms with van der Waals surface area (Å²) in [7, 11) is 0. The minimum atomic E-state index is 0.168. The molecule has 2 rings (SSSR count). The van der Waals surface area contributed by atoms with Crippen molar-refractivity contribution in [3.63, 3.8) is 0 Å². The van der Waals surface area contributed by atoms with Gasteiger partial charge in [0.1, 0.15) is 5.75 Å². The van der Waals surface area contributed by atoms with Crippen LogP contribution in [0.5, 0.6) is 5.75 Å². The van der Waals surface area contributed by atoms with Gasteiger partial charge in [-0.1, -0.05) is 39.3 Å². The minimum Gasteiger partial charge on any atom is -0.493 e. The Morgan fingerprint density at radius 1 is 1.28 bits per heavy atom. The highest BCUT2D eigenvalue weighted by molar-refractivity contribution is 5.32. The first-order valence-electron chi connectivity index (χ1n) is 6.89. The summed E-state index contributed by atoms with van der Waals surface area (Å²) >= 11 is 0. The first kappa shape index (κ1) is 13.4. The first-order chi connectivity index (χ1) is 8.45. The lowest BCUT2D eigenvalue weighted by Crippen LogP contribution is -2.42. The van der Waals surface area contributed by atoms with Crippen molar-refractivity contribution in [2.45, 2.75) is 45.4 Å². The number of hydrogen-bond donors (Lipinski definition) is 1. The SMILES string of the molecule is CC(C)(C)c1cccc(OCC2(CN)CCC2)c1. The highest BCUT2D eigenvalue weighted by atomic mass is 16.5. The third-order valence-electron chi connectivity index (χ3n) is 4.09. The van der Waals surface area contributed by atoms with Gasteiger partial charge >= 0.3 is 0 Å². The molecule has 1 aromatic carbocycles. The average Bonchev–Trinajstić information content (AvgIpc) is 2.27. The third kappa shape index (κ3) is 2.86. The second-order valence-electron chi connectivity index (χ2n) is 6.62. The summed E-state index contributed by atoms with van der Waals surface area (Å²) in [5.74, 6) is 0.974. The van der Waals surface area contributed by atoms with Crippen LogP contribution in [0.4, 0.5) is 0 Å². The molecule has 1 aliphatic carbocycles. The molecule has 0 saturated heterocycles. The van der Waals surface area contributed by atoms with Gasteiger partial charge in [0.2, 0.25) is 0 Å². The molecule has 0 aliphatic heterocycles. The molecule has 0 amide bonds. The van der Waals surface area contributed by atoms with Crippen LogP contribution >= 0.6 is 0 Å². The Kier molecular flexibility index (Phi) is 3.67. The molecule has 18 heavy (non-hydrogen) atoms. The molecule has 0 bridgehead atoms. The van der Waals surface area contributed by atoms with Gasteiger partial charge in [-0.15, -0.1) is 0 Å². The summed E-state index contributed by atoms with van der Waals surface area (Å²) in [5.41, 5.74) is 7.58. The molecule has 1 aliphatic rings. The second kappa shape index (κ2) is 4.93. The van der Waals surface area contributed by atoms with E-state index in [-0.39, 0.29) is 10.8 Å². The van der Waals surface area contributed by atoms with Crippen LogP contribution in [0.25, 0.3) is 0 Å². The molecular formula is C16H25NO. The predicted octanol–water partition coefficient (Wildman–Crippen LogP) is 3.49. The van der Waals surface area contributed by atoms with E-state index in [9.17, 15) is 0 Å². The Bertz CT molecular complexity index is 396. The standard InChI is InChI=1S/C16H25NO/c1-15(2,3)13-6-4-7-14(10-13)18-12-16(11-17)8-5-9-16/h4,6-7,10H,5,8-9,11-12,17H2,1-3H3. The summed E-state index contributed by atoms with van der Waals surface area (Å²) < 4.78 is 5.96. The fourth-order valence-corrected chi connectivity index (χ4v) is 2.37. The molecule has 1 fully saturated rings. The van der Waals surface area contributed by atoms with Crippen LogP contribution in [0.2, 0.25) is 0 Å². The maximum absolute atomic E-state index is 5.96. The Labute approximate surface area is 111 Å². The maximum Gasteiger partial charge on any atom is 0.119 e. The zero-order valence-corrected chi connectivity index (χ0v) is 11.8. The van der Waals surface area contributed by atoms with Crippen molar-refractivity contribution < 1.29 is 4.74 Å². The number of hydrogen-bond acceptors (Lipinski definition) is 2. The molecule has 2 N–H and O–H groups in total. The topological polar surface area (TPSA) is 35.2 Å². The third-order valence-corrected chi connectivity index (χ3v) is 4.09. The van der Waals surface area contributed by atoms with Crippen molar-refractivity contribution in [1.29, 1.82) is 0 Å². The van der Waals surface area contributed by atoms with Gasteiger partial charge in [0.05, 0.1) is 6.61 Å². The lowest BCUT2D eigenvalue weighted by molar-refractivity contribution is 0.0667. The molecule has 0 heterocycles. The van der Waals surface area contributed by atoms with Gasteiger partial charge in [-0.25, -0.2) is 0 Å². The average molecular weight is 247 g/mol. The maximum atomic E-state index is 5.96. The van der Waals surface area contributed by atoms with Crippen molar-refractivity contribution in [2.75, 3.05) is 13.2 Å². The Morgan fingerprint density at radius 2 is 2.00 bits per heavy atom. The van der Waals surface area contributed by atoms with E-state index >= 15 is 0 Å². The van der Waals surface area contributed by atoms with Crippen molar-refractivity contribution in [3.05, 3.63) is 29.8 Å². The fraction of sp³-hybridized carbons (Fsp3) is 0.625. The smallest absolute Gasteiger partial charge is 0.119 e. The quantitative estimate of drug-likeness (QED) is 0.884. The van der Waals surface area contributed by atoms with E-state index in [0.717, 1.165) is 18.9 Å². The van der Waals surface area contributed by atoms with Crippen LogP contribution in [-0.4, -0.2) is 13.2 Å². The normalized spacial score (nSPS) is 18.2. The van der Waals surface area contributed by atoms with Crippen molar-refractivity contribution >= 4 is 0 Å². The van der Waals surface area contributed by atoms with Crippen molar-refractivity contribution in [2.24, 2.45) is 11.1 Å². The van der Waals surface area contributed by atoms with Gasteiger partial charge < -0.3 is 10.5 Å². The Hall–Kier alpha value is -1.02. The fourth-order valence-electron chi connectivity index (χ4n) is 2.37. The number of benzene rings is 1. The molecule has 0 radical (unpaired) electrons. The number of ether oxygens (including phenoxy) is 1. The zero-order valence-electron chi connectivity index (χ0n) is 11.8. The van der Waals surface area contributed by atoms with Crippen LogP contribution < -0.4 is 10.5 Å². The Morgan fingerprint density at radius 3 is 2.50 bits per heavy atom. The monoisotopic (exact) mass is 247 g/mol. The van der Waals surface area contributed by atoms with E-state index in [1.165, 1.54) is 24.8 Å². The van der Waals surface area contributed by atoms with Crippen molar-refractivity contribution in [3.8, 4) is 5.75 Å². The van der Waals surface area contributed by atoms with Gasteiger partial charge in [-0.2, -0.15) is 0 Å². The molecule has 2 nitrogen and oxygen atoms in total.